The van der Waals surface area contributed by atoms with Crippen molar-refractivity contribution in [3.63, 3.8) is 0 Å². The molecule has 0 aliphatic rings. The first-order valence-electron chi connectivity index (χ1n) is 6.32. The smallest absolute Gasteiger partial charge is 0.224 e. The monoisotopic (exact) mass is 250 g/mol. The normalized spacial score (nSPS) is 12.2. The van der Waals surface area contributed by atoms with Gasteiger partial charge in [-0.05, 0) is 56.0 Å². The zero-order valence-electron chi connectivity index (χ0n) is 11.1. The number of aryl methyl sites for hydroxylation is 1. The molecule has 1 amide bonds. The molecule has 100 valence electrons. The van der Waals surface area contributed by atoms with Crippen molar-refractivity contribution in [1.82, 2.24) is 0 Å². The summed E-state index contributed by atoms with van der Waals surface area (Å²) >= 11 is 0. The Labute approximate surface area is 108 Å². The second-order valence-corrected chi connectivity index (χ2v) is 4.77. The number of phenols is 1. The molecule has 0 saturated heterocycles. The molecule has 18 heavy (non-hydrogen) atoms. The Bertz CT molecular complexity index is 405. The van der Waals surface area contributed by atoms with Gasteiger partial charge >= 0.3 is 0 Å². The van der Waals surface area contributed by atoms with E-state index in [4.69, 9.17) is 5.73 Å². The molecule has 1 aromatic carbocycles. The fourth-order valence-electron chi connectivity index (χ4n) is 1.81. The summed E-state index contributed by atoms with van der Waals surface area (Å²) in [5, 5.41) is 12.1. The van der Waals surface area contributed by atoms with Crippen molar-refractivity contribution in [1.29, 1.82) is 0 Å². The molecule has 0 radical (unpaired) electrons. The highest BCUT2D eigenvalue weighted by Gasteiger charge is 2.08. The van der Waals surface area contributed by atoms with Gasteiger partial charge in [0.25, 0.3) is 0 Å². The Morgan fingerprint density at radius 3 is 2.78 bits per heavy atom. The van der Waals surface area contributed by atoms with E-state index >= 15 is 0 Å². The van der Waals surface area contributed by atoms with E-state index in [0.29, 0.717) is 18.9 Å². The number of aromatic hydroxyl groups is 1. The molecule has 1 aromatic rings. The van der Waals surface area contributed by atoms with Gasteiger partial charge in [-0.25, -0.2) is 0 Å². The van der Waals surface area contributed by atoms with Crippen molar-refractivity contribution < 1.29 is 9.90 Å². The Hall–Kier alpha value is -1.55. The topological polar surface area (TPSA) is 75.3 Å². The minimum atomic E-state index is 0.00709. The van der Waals surface area contributed by atoms with Crippen LogP contribution in [0.25, 0.3) is 0 Å². The highest BCUT2D eigenvalue weighted by atomic mass is 16.3. The van der Waals surface area contributed by atoms with Crippen LogP contribution in [0.5, 0.6) is 5.75 Å². The van der Waals surface area contributed by atoms with Gasteiger partial charge < -0.3 is 16.2 Å². The quantitative estimate of drug-likeness (QED) is 0.679. The van der Waals surface area contributed by atoms with Gasteiger partial charge in [0.05, 0.1) is 0 Å². The second-order valence-electron chi connectivity index (χ2n) is 4.77. The molecule has 1 unspecified atom stereocenters. The maximum absolute atomic E-state index is 11.8. The lowest BCUT2D eigenvalue weighted by Gasteiger charge is -2.11. The third kappa shape index (κ3) is 4.75. The molecule has 1 atom stereocenters. The Morgan fingerprint density at radius 2 is 2.17 bits per heavy atom. The number of hydrogen-bond donors (Lipinski definition) is 3. The predicted molar refractivity (Wildman–Crippen MR) is 73.5 cm³/mol. The van der Waals surface area contributed by atoms with E-state index < -0.39 is 0 Å². The zero-order chi connectivity index (χ0) is 13.5. The highest BCUT2D eigenvalue weighted by Crippen LogP contribution is 2.20. The summed E-state index contributed by atoms with van der Waals surface area (Å²) in [4.78, 5) is 11.8. The molecule has 0 fully saturated rings. The van der Waals surface area contributed by atoms with Gasteiger partial charge in [-0.15, -0.1) is 0 Å². The van der Waals surface area contributed by atoms with Crippen molar-refractivity contribution in [2.24, 2.45) is 11.7 Å². The zero-order valence-corrected chi connectivity index (χ0v) is 11.1. The summed E-state index contributed by atoms with van der Waals surface area (Å²) in [5.74, 6) is 0.691. The molecular weight excluding hydrogens is 228 g/mol. The second kappa shape index (κ2) is 7.01. The van der Waals surface area contributed by atoms with E-state index in [9.17, 15) is 9.90 Å². The van der Waals surface area contributed by atoms with Gasteiger partial charge in [0.2, 0.25) is 5.91 Å². The minimum absolute atomic E-state index is 0.00709. The lowest BCUT2D eigenvalue weighted by molar-refractivity contribution is -0.116. The maximum atomic E-state index is 11.8. The summed E-state index contributed by atoms with van der Waals surface area (Å²) in [6, 6.07) is 4.91. The van der Waals surface area contributed by atoms with E-state index in [1.54, 1.807) is 18.2 Å². The number of hydrogen-bond acceptors (Lipinski definition) is 3. The van der Waals surface area contributed by atoms with Crippen LogP contribution in [0.4, 0.5) is 5.69 Å². The van der Waals surface area contributed by atoms with Crippen LogP contribution >= 0.6 is 0 Å². The molecule has 0 saturated carbocycles. The fourth-order valence-corrected chi connectivity index (χ4v) is 1.81. The molecule has 0 aliphatic carbocycles. The Balaban J connectivity index is 2.44. The summed E-state index contributed by atoms with van der Waals surface area (Å²) in [7, 11) is 0. The van der Waals surface area contributed by atoms with Crippen LogP contribution < -0.4 is 11.1 Å². The van der Waals surface area contributed by atoms with Crippen LogP contribution in [0.2, 0.25) is 0 Å². The number of benzene rings is 1. The third-order valence-corrected chi connectivity index (χ3v) is 3.01. The number of rotatable bonds is 6. The summed E-state index contributed by atoms with van der Waals surface area (Å²) in [6.07, 6.45) is 2.30. The van der Waals surface area contributed by atoms with Crippen molar-refractivity contribution in [3.05, 3.63) is 23.8 Å². The summed E-state index contributed by atoms with van der Waals surface area (Å²) in [5.41, 5.74) is 7.08. The number of nitrogens with one attached hydrogen (secondary N) is 1. The minimum Gasteiger partial charge on any atom is -0.508 e. The predicted octanol–water partition coefficient (Wildman–Crippen LogP) is 2.40. The molecular formula is C14H22N2O2. The lowest BCUT2D eigenvalue weighted by Crippen LogP contribution is -2.14. The molecule has 0 aliphatic heterocycles. The maximum Gasteiger partial charge on any atom is 0.224 e. The van der Waals surface area contributed by atoms with Crippen LogP contribution in [-0.4, -0.2) is 17.6 Å². The van der Waals surface area contributed by atoms with Crippen LogP contribution in [0.3, 0.4) is 0 Å². The van der Waals surface area contributed by atoms with Gasteiger partial charge in [0.15, 0.2) is 0 Å². The first-order chi connectivity index (χ1) is 8.52. The number of phenolic OH excluding ortho intramolecular Hbond substituents is 1. The van der Waals surface area contributed by atoms with Gasteiger partial charge in [-0.3, -0.25) is 4.79 Å². The molecule has 0 heterocycles. The fraction of sp³-hybridized carbons (Fsp3) is 0.500. The summed E-state index contributed by atoms with van der Waals surface area (Å²) < 4.78 is 0. The van der Waals surface area contributed by atoms with E-state index in [2.05, 4.69) is 12.2 Å². The molecule has 4 N–H and O–H groups in total. The number of nitrogens with two attached hydrogens (primary N) is 1. The molecule has 4 heteroatoms. The SMILES string of the molecule is Cc1cc(O)ccc1NC(=O)CCC(C)CCN. The van der Waals surface area contributed by atoms with E-state index in [1.165, 1.54) is 0 Å². The summed E-state index contributed by atoms with van der Waals surface area (Å²) in [6.45, 7) is 4.62. The van der Waals surface area contributed by atoms with Crippen LogP contribution in [0.1, 0.15) is 31.7 Å². The Morgan fingerprint density at radius 1 is 1.44 bits per heavy atom. The van der Waals surface area contributed by atoms with Crippen LogP contribution in [-0.2, 0) is 4.79 Å². The van der Waals surface area contributed by atoms with E-state index in [1.807, 2.05) is 6.92 Å². The number of amides is 1. The van der Waals surface area contributed by atoms with Crippen molar-refractivity contribution >= 4 is 11.6 Å². The van der Waals surface area contributed by atoms with E-state index in [-0.39, 0.29) is 11.7 Å². The van der Waals surface area contributed by atoms with Gasteiger partial charge in [0.1, 0.15) is 5.75 Å². The van der Waals surface area contributed by atoms with Gasteiger partial charge in [-0.2, -0.15) is 0 Å². The van der Waals surface area contributed by atoms with Gasteiger partial charge in [-0.1, -0.05) is 6.92 Å². The van der Waals surface area contributed by atoms with Crippen molar-refractivity contribution in [2.45, 2.75) is 33.1 Å². The molecule has 4 nitrogen and oxygen atoms in total. The average Bonchev–Trinajstić information content (AvgIpc) is 2.31. The largest absolute Gasteiger partial charge is 0.508 e. The van der Waals surface area contributed by atoms with E-state index in [0.717, 1.165) is 24.1 Å². The lowest BCUT2D eigenvalue weighted by atomic mass is 10.0. The Kier molecular flexibility index (Phi) is 5.65. The number of anilines is 1. The molecule has 1 rings (SSSR count). The standard InChI is InChI=1S/C14H22N2O2/c1-10(7-8-15)3-6-14(18)16-13-5-4-12(17)9-11(13)2/h4-5,9-10,17H,3,6-8,15H2,1-2H3,(H,16,18). The highest BCUT2D eigenvalue weighted by molar-refractivity contribution is 5.91. The first-order valence-corrected chi connectivity index (χ1v) is 6.32. The molecule has 0 spiro atoms. The first kappa shape index (κ1) is 14.5. The van der Waals surface area contributed by atoms with Crippen LogP contribution in [0, 0.1) is 12.8 Å². The van der Waals surface area contributed by atoms with Gasteiger partial charge in [0, 0.05) is 12.1 Å². The van der Waals surface area contributed by atoms with Crippen molar-refractivity contribution in [2.75, 3.05) is 11.9 Å². The third-order valence-electron chi connectivity index (χ3n) is 3.01. The molecule has 0 bridgehead atoms. The average molecular weight is 250 g/mol. The van der Waals surface area contributed by atoms with Crippen molar-refractivity contribution in [3.8, 4) is 5.75 Å². The number of carbonyl (C=O) groups excluding carboxylic acids is 1. The van der Waals surface area contributed by atoms with Crippen LogP contribution in [0.15, 0.2) is 18.2 Å². The number of carbonyl (C=O) groups is 1. The molecule has 0 aromatic heterocycles.